The number of hydrogen-bond acceptors (Lipinski definition) is 7. The van der Waals surface area contributed by atoms with E-state index in [1.54, 1.807) is 11.4 Å². The van der Waals surface area contributed by atoms with Crippen molar-refractivity contribution in [1.29, 1.82) is 0 Å². The van der Waals surface area contributed by atoms with Crippen LogP contribution in [0.2, 0.25) is 0 Å². The smallest absolute Gasteiger partial charge is 0.332 e. The maximum atomic E-state index is 13.0. The van der Waals surface area contributed by atoms with Crippen LogP contribution in [-0.2, 0) is 34.0 Å². The number of aromatic nitrogens is 2. The average molecular weight is 463 g/mol. The second kappa shape index (κ2) is 9.58. The van der Waals surface area contributed by atoms with E-state index in [-0.39, 0.29) is 18.6 Å². The van der Waals surface area contributed by atoms with Crippen LogP contribution < -0.4 is 21.9 Å². The van der Waals surface area contributed by atoms with Gasteiger partial charge in [-0.25, -0.2) is 9.36 Å². The van der Waals surface area contributed by atoms with Crippen molar-refractivity contribution in [1.82, 2.24) is 19.8 Å². The molecule has 0 spiro atoms. The lowest BCUT2D eigenvalue weighted by atomic mass is 10.2. The summed E-state index contributed by atoms with van der Waals surface area (Å²) in [7, 11) is 0. The maximum absolute atomic E-state index is 13.0. The van der Waals surface area contributed by atoms with Crippen molar-refractivity contribution >= 4 is 44.7 Å². The lowest BCUT2D eigenvalue weighted by Crippen LogP contribution is -2.45. The predicted molar refractivity (Wildman–Crippen MR) is 118 cm³/mol. The van der Waals surface area contributed by atoms with Crippen LogP contribution in [0.1, 0.15) is 17.7 Å². The number of fused-ring (bicyclic) bond motifs is 1. The Hall–Kier alpha value is -2.76. The number of thiophene rings is 2. The molecule has 1 fully saturated rings. The third-order valence-electron chi connectivity index (χ3n) is 5.03. The summed E-state index contributed by atoms with van der Waals surface area (Å²) in [4.78, 5) is 51.6. The summed E-state index contributed by atoms with van der Waals surface area (Å²) in [5.74, 6) is -0.796. The van der Waals surface area contributed by atoms with Crippen LogP contribution in [0.5, 0.6) is 0 Å². The molecule has 2 N–H and O–H groups in total. The fourth-order valence-corrected chi connectivity index (χ4v) is 4.94. The topological polar surface area (TPSA) is 111 Å². The zero-order valence-electron chi connectivity index (χ0n) is 16.7. The highest BCUT2D eigenvalue weighted by molar-refractivity contribution is 7.17. The van der Waals surface area contributed by atoms with Gasteiger partial charge in [-0.2, -0.15) is 0 Å². The highest BCUT2D eigenvalue weighted by atomic mass is 32.1. The fourth-order valence-electron chi connectivity index (χ4n) is 3.46. The first-order chi connectivity index (χ1) is 15.0. The Morgan fingerprint density at radius 2 is 1.87 bits per heavy atom. The summed E-state index contributed by atoms with van der Waals surface area (Å²) in [5.41, 5.74) is -0.825. The van der Waals surface area contributed by atoms with Crippen molar-refractivity contribution < 1.29 is 14.3 Å². The number of ether oxygens (including phenoxy) is 1. The molecule has 9 nitrogen and oxygen atoms in total. The summed E-state index contributed by atoms with van der Waals surface area (Å²) < 4.78 is 7.95. The third kappa shape index (κ3) is 4.94. The molecule has 164 valence electrons. The minimum absolute atomic E-state index is 0.0113. The monoisotopic (exact) mass is 462 g/mol. The molecule has 1 saturated heterocycles. The molecule has 4 heterocycles. The summed E-state index contributed by atoms with van der Waals surface area (Å²) in [6.45, 7) is 0.747. The number of carbonyl (C=O) groups excluding carboxylic acids is 2. The summed E-state index contributed by atoms with van der Waals surface area (Å²) >= 11 is 2.68. The first-order valence-electron chi connectivity index (χ1n) is 9.91. The van der Waals surface area contributed by atoms with Gasteiger partial charge >= 0.3 is 5.69 Å². The highest BCUT2D eigenvalue weighted by Gasteiger charge is 2.20. The van der Waals surface area contributed by atoms with Crippen LogP contribution in [0.25, 0.3) is 10.2 Å². The van der Waals surface area contributed by atoms with E-state index in [4.69, 9.17) is 4.74 Å². The van der Waals surface area contributed by atoms with E-state index in [1.807, 2.05) is 17.5 Å². The highest BCUT2D eigenvalue weighted by Crippen LogP contribution is 2.15. The van der Waals surface area contributed by atoms with Crippen LogP contribution in [0, 0.1) is 0 Å². The van der Waals surface area contributed by atoms with Gasteiger partial charge in [-0.05, 0) is 35.7 Å². The Labute approximate surface area is 185 Å². The van der Waals surface area contributed by atoms with E-state index in [1.165, 1.54) is 27.2 Å². The Morgan fingerprint density at radius 1 is 1.06 bits per heavy atom. The number of amides is 2. The third-order valence-corrected chi connectivity index (χ3v) is 6.80. The molecule has 0 bridgehead atoms. The zero-order chi connectivity index (χ0) is 21.8. The van der Waals surface area contributed by atoms with Gasteiger partial charge in [-0.3, -0.25) is 19.0 Å². The average Bonchev–Trinajstić information content (AvgIpc) is 3.53. The summed E-state index contributed by atoms with van der Waals surface area (Å²) in [6, 6.07) is 5.40. The second-order valence-electron chi connectivity index (χ2n) is 7.19. The fraction of sp³-hybridized carbons (Fsp3) is 0.400. The van der Waals surface area contributed by atoms with Gasteiger partial charge in [0, 0.05) is 18.0 Å². The summed E-state index contributed by atoms with van der Waals surface area (Å²) in [6.07, 6.45) is 1.85. The van der Waals surface area contributed by atoms with E-state index in [0.29, 0.717) is 29.9 Å². The Bertz CT molecular complexity index is 1190. The van der Waals surface area contributed by atoms with Crippen molar-refractivity contribution in [3.8, 4) is 0 Å². The van der Waals surface area contributed by atoms with Crippen LogP contribution in [0.4, 0.5) is 0 Å². The molecule has 1 aliphatic rings. The largest absolute Gasteiger partial charge is 0.376 e. The molecule has 2 amide bonds. The van der Waals surface area contributed by atoms with Gasteiger partial charge in [0.15, 0.2) is 0 Å². The first kappa shape index (κ1) is 21.5. The number of nitrogens with one attached hydrogen (secondary N) is 2. The van der Waals surface area contributed by atoms with Crippen LogP contribution >= 0.6 is 22.7 Å². The van der Waals surface area contributed by atoms with Gasteiger partial charge in [-0.1, -0.05) is 6.07 Å². The van der Waals surface area contributed by atoms with Crippen LogP contribution in [-0.4, -0.2) is 40.2 Å². The van der Waals surface area contributed by atoms with E-state index >= 15 is 0 Å². The first-order valence-corrected chi connectivity index (χ1v) is 11.7. The normalized spacial score (nSPS) is 15.9. The van der Waals surface area contributed by atoms with E-state index in [9.17, 15) is 19.2 Å². The Kier molecular flexibility index (Phi) is 6.64. The van der Waals surface area contributed by atoms with Gasteiger partial charge in [0.05, 0.1) is 18.2 Å². The minimum atomic E-state index is -0.686. The van der Waals surface area contributed by atoms with Crippen LogP contribution in [0.15, 0.2) is 38.5 Å². The molecule has 4 rings (SSSR count). The van der Waals surface area contributed by atoms with E-state index in [2.05, 4.69) is 10.6 Å². The summed E-state index contributed by atoms with van der Waals surface area (Å²) in [5, 5.41) is 9.09. The number of carbonyl (C=O) groups is 2. The molecular formula is C20H22N4O5S2. The molecule has 0 saturated carbocycles. The molecule has 0 aliphatic carbocycles. The van der Waals surface area contributed by atoms with Gasteiger partial charge in [0.25, 0.3) is 5.56 Å². The van der Waals surface area contributed by atoms with Gasteiger partial charge in [-0.15, -0.1) is 22.7 Å². The van der Waals surface area contributed by atoms with Gasteiger partial charge in [0.1, 0.15) is 17.8 Å². The number of nitrogens with zero attached hydrogens (tertiary/aromatic N) is 2. The Morgan fingerprint density at radius 3 is 2.61 bits per heavy atom. The standard InChI is InChI=1S/C20H22N4O5S2/c25-16(21-9-13-3-1-6-29-13)11-23-15-5-8-31-18(15)19(27)24(20(23)28)12-17(26)22-10-14-4-2-7-30-14/h2,4-5,7-8,13H,1,3,6,9-12H2,(H,21,25)(H,22,26)/t13-/m1/s1. The molecule has 0 aromatic carbocycles. The maximum Gasteiger partial charge on any atom is 0.332 e. The van der Waals surface area contributed by atoms with E-state index in [0.717, 1.165) is 22.3 Å². The molecule has 1 atom stereocenters. The van der Waals surface area contributed by atoms with Gasteiger partial charge < -0.3 is 15.4 Å². The van der Waals surface area contributed by atoms with Crippen molar-refractivity contribution in [2.75, 3.05) is 13.2 Å². The molecule has 3 aromatic rings. The Balaban J connectivity index is 1.52. The predicted octanol–water partition coefficient (Wildman–Crippen LogP) is 0.898. The van der Waals surface area contributed by atoms with E-state index < -0.39 is 23.7 Å². The number of hydrogen-bond donors (Lipinski definition) is 2. The zero-order valence-corrected chi connectivity index (χ0v) is 18.3. The quantitative estimate of drug-likeness (QED) is 0.517. The SMILES string of the molecule is O=C(Cn1c(=O)c2sccc2n(CC(=O)NC[C@H]2CCCO2)c1=O)NCc1cccs1. The molecule has 3 aromatic heterocycles. The molecule has 1 aliphatic heterocycles. The molecule has 0 unspecified atom stereocenters. The lowest BCUT2D eigenvalue weighted by Gasteiger charge is -2.14. The van der Waals surface area contributed by atoms with Crippen molar-refractivity contribution in [2.24, 2.45) is 0 Å². The van der Waals surface area contributed by atoms with Crippen molar-refractivity contribution in [2.45, 2.75) is 38.6 Å². The molecule has 11 heteroatoms. The minimum Gasteiger partial charge on any atom is -0.376 e. The molecular weight excluding hydrogens is 440 g/mol. The van der Waals surface area contributed by atoms with Crippen LogP contribution in [0.3, 0.4) is 0 Å². The molecule has 0 radical (unpaired) electrons. The van der Waals surface area contributed by atoms with Crippen molar-refractivity contribution in [3.63, 3.8) is 0 Å². The van der Waals surface area contributed by atoms with Gasteiger partial charge in [0.2, 0.25) is 11.8 Å². The number of rotatable bonds is 8. The molecule has 31 heavy (non-hydrogen) atoms. The van der Waals surface area contributed by atoms with Crippen molar-refractivity contribution in [3.05, 3.63) is 54.7 Å². The lowest BCUT2D eigenvalue weighted by molar-refractivity contribution is -0.122. The second-order valence-corrected chi connectivity index (χ2v) is 9.14.